The predicted molar refractivity (Wildman–Crippen MR) is 101 cm³/mol. The Kier molecular flexibility index (Phi) is 6.03. The van der Waals surface area contributed by atoms with E-state index < -0.39 is 35.3 Å². The average molecular weight is 441 g/mol. The molecule has 1 aromatic heterocycles. The van der Waals surface area contributed by atoms with Crippen molar-refractivity contribution in [1.29, 1.82) is 0 Å². The lowest BCUT2D eigenvalue weighted by Crippen LogP contribution is -2.71. The molecular formula is C15H15N5O7S2. The topological polar surface area (TPSA) is 174 Å². The summed E-state index contributed by atoms with van der Waals surface area (Å²) >= 11 is 2.48. The number of oxime groups is 1. The van der Waals surface area contributed by atoms with Crippen molar-refractivity contribution >= 4 is 52.7 Å². The standard InChI is InChI=1S/C15H15N5O7S2/c1-26-19-8(7-4-28-5-17-7)11(21)18-9-12(22)20-10(14(23)24)6(2-27-15(16)25)3-29-13(9)20/h4-5,9,13H,2-3H2,1H3,(H2,16,25)(H,18,21)(H,23,24)/b19-8-/t9?,13-/m0/s1. The number of rotatable bonds is 7. The van der Waals surface area contributed by atoms with E-state index >= 15 is 0 Å². The largest absolute Gasteiger partial charge is 0.477 e. The summed E-state index contributed by atoms with van der Waals surface area (Å²) in [5, 5.41) is 16.7. The minimum atomic E-state index is -1.35. The number of aromatic nitrogens is 1. The van der Waals surface area contributed by atoms with E-state index in [0.717, 1.165) is 4.90 Å². The molecule has 0 saturated carbocycles. The highest BCUT2D eigenvalue weighted by Gasteiger charge is 2.54. The number of β-lactam (4-membered cyclic amide) rings is 1. The van der Waals surface area contributed by atoms with Crippen LogP contribution in [0.15, 0.2) is 27.3 Å². The molecule has 0 radical (unpaired) electrons. The van der Waals surface area contributed by atoms with Crippen molar-refractivity contribution in [2.45, 2.75) is 11.4 Å². The molecule has 4 N–H and O–H groups in total. The summed E-state index contributed by atoms with van der Waals surface area (Å²) in [4.78, 5) is 57.3. The monoisotopic (exact) mass is 441 g/mol. The number of nitrogens with zero attached hydrogens (tertiary/aromatic N) is 3. The van der Waals surface area contributed by atoms with Gasteiger partial charge in [0.05, 0.1) is 5.51 Å². The Morgan fingerprint density at radius 3 is 2.83 bits per heavy atom. The van der Waals surface area contributed by atoms with Crippen LogP contribution in [0.3, 0.4) is 0 Å². The van der Waals surface area contributed by atoms with Gasteiger partial charge in [0, 0.05) is 16.7 Å². The fourth-order valence-corrected chi connectivity index (χ4v) is 4.65. The minimum Gasteiger partial charge on any atom is -0.477 e. The fourth-order valence-electron chi connectivity index (χ4n) is 2.79. The number of thioether (sulfide) groups is 1. The van der Waals surface area contributed by atoms with Gasteiger partial charge in [0.1, 0.15) is 36.5 Å². The Bertz CT molecular complexity index is 914. The number of nitrogens with one attached hydrogen (secondary N) is 1. The summed E-state index contributed by atoms with van der Waals surface area (Å²) in [6.45, 7) is -0.341. The van der Waals surface area contributed by atoms with Gasteiger partial charge in [-0.15, -0.1) is 23.1 Å². The number of ether oxygens (including phenoxy) is 1. The van der Waals surface area contributed by atoms with Crippen LogP contribution in [0, 0.1) is 0 Å². The van der Waals surface area contributed by atoms with Crippen LogP contribution in [0.2, 0.25) is 0 Å². The fraction of sp³-hybridized carbons (Fsp3) is 0.333. The van der Waals surface area contributed by atoms with E-state index in [4.69, 9.17) is 5.73 Å². The minimum absolute atomic E-state index is 0.106. The normalized spacial score (nSPS) is 21.2. The summed E-state index contributed by atoms with van der Waals surface area (Å²) < 4.78 is 4.66. The van der Waals surface area contributed by atoms with E-state index in [0.29, 0.717) is 0 Å². The van der Waals surface area contributed by atoms with Gasteiger partial charge in [0.15, 0.2) is 5.71 Å². The molecule has 0 bridgehead atoms. The molecule has 0 spiro atoms. The quantitative estimate of drug-likeness (QED) is 0.281. The van der Waals surface area contributed by atoms with Crippen molar-refractivity contribution in [3.8, 4) is 0 Å². The van der Waals surface area contributed by atoms with E-state index in [1.165, 1.54) is 35.7 Å². The smallest absolute Gasteiger partial charge is 0.404 e. The van der Waals surface area contributed by atoms with Crippen molar-refractivity contribution in [2.75, 3.05) is 19.5 Å². The van der Waals surface area contributed by atoms with E-state index in [9.17, 15) is 24.3 Å². The summed E-state index contributed by atoms with van der Waals surface area (Å²) in [6, 6.07) is -0.957. The second kappa shape index (κ2) is 8.48. The molecule has 2 aliphatic rings. The molecule has 3 rings (SSSR count). The maximum atomic E-state index is 12.6. The van der Waals surface area contributed by atoms with Crippen LogP contribution >= 0.6 is 23.1 Å². The molecule has 2 aliphatic heterocycles. The molecular weight excluding hydrogens is 426 g/mol. The molecule has 1 aromatic rings. The van der Waals surface area contributed by atoms with E-state index in [2.05, 4.69) is 25.0 Å². The van der Waals surface area contributed by atoms with Gasteiger partial charge >= 0.3 is 12.1 Å². The molecule has 154 valence electrons. The number of primary amides is 1. The maximum Gasteiger partial charge on any atom is 0.404 e. The number of carboxylic acids is 1. The van der Waals surface area contributed by atoms with Gasteiger partial charge in [-0.25, -0.2) is 14.6 Å². The summed E-state index contributed by atoms with van der Waals surface area (Å²) in [7, 11) is 1.27. The molecule has 12 nitrogen and oxygen atoms in total. The molecule has 29 heavy (non-hydrogen) atoms. The van der Waals surface area contributed by atoms with Crippen molar-refractivity contribution in [3.63, 3.8) is 0 Å². The third-order valence-corrected chi connectivity index (χ3v) is 5.92. The molecule has 3 heterocycles. The molecule has 1 fully saturated rings. The van der Waals surface area contributed by atoms with Crippen molar-refractivity contribution in [2.24, 2.45) is 10.9 Å². The van der Waals surface area contributed by atoms with Crippen molar-refractivity contribution in [1.82, 2.24) is 15.2 Å². The van der Waals surface area contributed by atoms with Crippen LogP contribution < -0.4 is 11.1 Å². The lowest BCUT2D eigenvalue weighted by molar-refractivity contribution is -0.150. The highest BCUT2D eigenvalue weighted by molar-refractivity contribution is 8.00. The van der Waals surface area contributed by atoms with Crippen LogP contribution in [-0.2, 0) is 24.0 Å². The molecule has 1 saturated heterocycles. The zero-order valence-corrected chi connectivity index (χ0v) is 16.5. The van der Waals surface area contributed by atoms with Crippen LogP contribution in [-0.4, -0.2) is 75.5 Å². The van der Waals surface area contributed by atoms with E-state index in [1.807, 2.05) is 0 Å². The summed E-state index contributed by atoms with van der Waals surface area (Å²) in [5.41, 5.74) is 6.56. The molecule has 1 unspecified atom stereocenters. The number of fused-ring (bicyclic) bond motifs is 1. The molecule has 3 amide bonds. The first-order valence-electron chi connectivity index (χ1n) is 7.98. The van der Waals surface area contributed by atoms with Gasteiger partial charge in [-0.05, 0) is 0 Å². The summed E-state index contributed by atoms with van der Waals surface area (Å²) in [6.07, 6.45) is -1.05. The van der Waals surface area contributed by atoms with Gasteiger partial charge in [0.25, 0.3) is 11.8 Å². The third-order valence-electron chi connectivity index (χ3n) is 4.00. The number of carbonyl (C=O) groups excluding carboxylic acids is 3. The maximum absolute atomic E-state index is 12.6. The number of thiazole rings is 1. The average Bonchev–Trinajstić information content (AvgIpc) is 3.21. The van der Waals surface area contributed by atoms with Crippen LogP contribution in [0.5, 0.6) is 0 Å². The third kappa shape index (κ3) is 4.02. The highest BCUT2D eigenvalue weighted by Crippen LogP contribution is 2.40. The Morgan fingerprint density at radius 2 is 2.24 bits per heavy atom. The lowest BCUT2D eigenvalue weighted by atomic mass is 10.0. The molecule has 14 heteroatoms. The number of hydrogen-bond donors (Lipinski definition) is 3. The Morgan fingerprint density at radius 1 is 1.48 bits per heavy atom. The zero-order valence-electron chi connectivity index (χ0n) is 14.9. The zero-order chi connectivity index (χ0) is 21.1. The van der Waals surface area contributed by atoms with Crippen molar-refractivity contribution in [3.05, 3.63) is 27.9 Å². The van der Waals surface area contributed by atoms with E-state index in [-0.39, 0.29) is 35.0 Å². The van der Waals surface area contributed by atoms with Crippen LogP contribution in [0.25, 0.3) is 0 Å². The SMILES string of the molecule is CO/N=C(\C(=O)NC1C(=O)N2C(C(=O)O)=C(COC(N)=O)CS[C@@H]12)c1cscn1. The molecule has 0 aromatic carbocycles. The van der Waals surface area contributed by atoms with Crippen LogP contribution in [0.1, 0.15) is 5.69 Å². The Labute approximate surface area is 171 Å². The second-order valence-electron chi connectivity index (χ2n) is 5.72. The number of nitrogens with two attached hydrogens (primary N) is 1. The van der Waals surface area contributed by atoms with Gasteiger partial charge in [-0.1, -0.05) is 5.16 Å². The highest BCUT2D eigenvalue weighted by atomic mass is 32.2. The van der Waals surface area contributed by atoms with Crippen molar-refractivity contribution < 1.29 is 33.9 Å². The number of amides is 3. The van der Waals surface area contributed by atoms with Gasteiger partial charge in [0.2, 0.25) is 0 Å². The van der Waals surface area contributed by atoms with Crippen LogP contribution in [0.4, 0.5) is 4.79 Å². The lowest BCUT2D eigenvalue weighted by Gasteiger charge is -2.49. The van der Waals surface area contributed by atoms with Gasteiger partial charge in [-0.2, -0.15) is 0 Å². The first-order chi connectivity index (χ1) is 13.8. The molecule has 2 atom stereocenters. The van der Waals surface area contributed by atoms with Gasteiger partial charge in [-0.3, -0.25) is 14.5 Å². The second-order valence-corrected chi connectivity index (χ2v) is 7.55. The summed E-state index contributed by atoms with van der Waals surface area (Å²) in [5.74, 6) is -2.46. The number of hydrogen-bond acceptors (Lipinski definition) is 10. The number of carbonyl (C=O) groups is 4. The first kappa shape index (κ1) is 20.6. The van der Waals surface area contributed by atoms with Gasteiger partial charge < -0.3 is 25.7 Å². The van der Waals surface area contributed by atoms with E-state index in [1.54, 1.807) is 5.38 Å². The first-order valence-corrected chi connectivity index (χ1v) is 9.97. The predicted octanol–water partition coefficient (Wildman–Crippen LogP) is -0.672. The Balaban J connectivity index is 1.77. The number of carboxylic acid groups (broad SMARTS) is 1. The molecule has 0 aliphatic carbocycles. The number of aliphatic carboxylic acids is 1. The Hall–Kier alpha value is -3.13.